The first kappa shape index (κ1) is 16.9. The number of hydrogen-bond acceptors (Lipinski definition) is 4. The van der Waals surface area contributed by atoms with Gasteiger partial charge in [-0.1, -0.05) is 20.8 Å². The minimum atomic E-state index is -0.508. The Morgan fingerprint density at radius 3 is 2.20 bits per heavy atom. The Hall–Kier alpha value is -1.14. The summed E-state index contributed by atoms with van der Waals surface area (Å²) in [7, 11) is 0. The van der Waals surface area contributed by atoms with Crippen LogP contribution < -0.4 is 16.4 Å². The zero-order chi connectivity index (χ0) is 15.2. The smallest absolute Gasteiger partial charge is 0.227 e. The third-order valence-corrected chi connectivity index (χ3v) is 3.70. The van der Waals surface area contributed by atoms with Crippen molar-refractivity contribution in [2.45, 2.75) is 33.6 Å². The SMILES string of the molecule is CC(C)(C)C(=O)NCCNC(=O)C1(CN)CCOCC1. The van der Waals surface area contributed by atoms with Crippen molar-refractivity contribution >= 4 is 11.8 Å². The zero-order valence-corrected chi connectivity index (χ0v) is 12.8. The average molecular weight is 285 g/mol. The van der Waals surface area contributed by atoms with E-state index in [9.17, 15) is 9.59 Å². The Labute approximate surface area is 120 Å². The first-order chi connectivity index (χ1) is 9.32. The van der Waals surface area contributed by atoms with Crippen LogP contribution in [-0.2, 0) is 14.3 Å². The van der Waals surface area contributed by atoms with Gasteiger partial charge in [0.25, 0.3) is 0 Å². The van der Waals surface area contributed by atoms with Gasteiger partial charge < -0.3 is 21.1 Å². The molecule has 0 spiro atoms. The Bertz CT molecular complexity index is 344. The molecule has 4 N–H and O–H groups in total. The summed E-state index contributed by atoms with van der Waals surface area (Å²) in [6.07, 6.45) is 1.31. The third kappa shape index (κ3) is 4.45. The molecule has 0 aromatic heterocycles. The summed E-state index contributed by atoms with van der Waals surface area (Å²) in [4.78, 5) is 23.9. The molecule has 0 unspecified atom stereocenters. The summed E-state index contributed by atoms with van der Waals surface area (Å²) in [5.41, 5.74) is 4.84. The molecule has 1 fully saturated rings. The van der Waals surface area contributed by atoms with E-state index in [0.29, 0.717) is 45.7 Å². The highest BCUT2D eigenvalue weighted by Crippen LogP contribution is 2.29. The number of carbonyl (C=O) groups excluding carboxylic acids is 2. The molecule has 0 aromatic carbocycles. The van der Waals surface area contributed by atoms with Gasteiger partial charge in [0.1, 0.15) is 0 Å². The monoisotopic (exact) mass is 285 g/mol. The second-order valence-corrected chi connectivity index (χ2v) is 6.36. The molecule has 0 saturated carbocycles. The first-order valence-electron chi connectivity index (χ1n) is 7.16. The Kier molecular flexibility index (Phi) is 5.95. The van der Waals surface area contributed by atoms with Crippen LogP contribution in [-0.4, -0.2) is 44.7 Å². The standard InChI is InChI=1S/C14H27N3O3/c1-13(2,3)11(18)16-6-7-17-12(19)14(10-15)4-8-20-9-5-14/h4-10,15H2,1-3H3,(H,16,18)(H,17,19). The third-order valence-electron chi connectivity index (χ3n) is 3.70. The molecule has 0 bridgehead atoms. The molecular weight excluding hydrogens is 258 g/mol. The van der Waals surface area contributed by atoms with Crippen LogP contribution in [0.5, 0.6) is 0 Å². The van der Waals surface area contributed by atoms with E-state index in [-0.39, 0.29) is 11.8 Å². The lowest BCUT2D eigenvalue weighted by Crippen LogP contribution is -2.50. The molecule has 116 valence electrons. The van der Waals surface area contributed by atoms with E-state index in [2.05, 4.69) is 10.6 Å². The molecule has 1 aliphatic heterocycles. The maximum Gasteiger partial charge on any atom is 0.227 e. The van der Waals surface area contributed by atoms with E-state index in [4.69, 9.17) is 10.5 Å². The van der Waals surface area contributed by atoms with Crippen LogP contribution in [0.3, 0.4) is 0 Å². The largest absolute Gasteiger partial charge is 0.381 e. The molecule has 0 aliphatic carbocycles. The van der Waals surface area contributed by atoms with Crippen LogP contribution in [0.2, 0.25) is 0 Å². The minimum absolute atomic E-state index is 0.0219. The van der Waals surface area contributed by atoms with Crippen molar-refractivity contribution in [3.05, 3.63) is 0 Å². The fourth-order valence-corrected chi connectivity index (χ4v) is 2.09. The van der Waals surface area contributed by atoms with Crippen molar-refractivity contribution in [2.24, 2.45) is 16.6 Å². The quantitative estimate of drug-likeness (QED) is 0.621. The summed E-state index contributed by atoms with van der Waals surface area (Å²) in [6.45, 7) is 7.89. The number of amides is 2. The second kappa shape index (κ2) is 7.04. The lowest BCUT2D eigenvalue weighted by atomic mass is 9.79. The Morgan fingerprint density at radius 1 is 1.15 bits per heavy atom. The van der Waals surface area contributed by atoms with Gasteiger partial charge in [-0.2, -0.15) is 0 Å². The Morgan fingerprint density at radius 2 is 1.70 bits per heavy atom. The van der Waals surface area contributed by atoms with Crippen molar-refractivity contribution in [3.8, 4) is 0 Å². The van der Waals surface area contributed by atoms with Crippen LogP contribution in [0.4, 0.5) is 0 Å². The molecule has 1 aliphatic rings. The summed E-state index contributed by atoms with van der Waals surface area (Å²) >= 11 is 0. The van der Waals surface area contributed by atoms with Crippen LogP contribution >= 0.6 is 0 Å². The normalized spacial score (nSPS) is 18.4. The molecule has 6 nitrogen and oxygen atoms in total. The molecule has 0 atom stereocenters. The van der Waals surface area contributed by atoms with Gasteiger partial charge in [0.2, 0.25) is 11.8 Å². The van der Waals surface area contributed by atoms with Crippen LogP contribution in [0.25, 0.3) is 0 Å². The molecule has 0 aromatic rings. The fourth-order valence-electron chi connectivity index (χ4n) is 2.09. The van der Waals surface area contributed by atoms with E-state index < -0.39 is 10.8 Å². The van der Waals surface area contributed by atoms with Crippen LogP contribution in [0.1, 0.15) is 33.6 Å². The lowest BCUT2D eigenvalue weighted by molar-refractivity contribution is -0.136. The van der Waals surface area contributed by atoms with Gasteiger partial charge in [-0.05, 0) is 12.8 Å². The van der Waals surface area contributed by atoms with Crippen molar-refractivity contribution < 1.29 is 14.3 Å². The van der Waals surface area contributed by atoms with E-state index in [1.54, 1.807) is 0 Å². The highest BCUT2D eigenvalue weighted by molar-refractivity contribution is 5.83. The van der Waals surface area contributed by atoms with Gasteiger partial charge in [-0.25, -0.2) is 0 Å². The molecule has 1 rings (SSSR count). The molecule has 1 heterocycles. The molecule has 1 saturated heterocycles. The molecular formula is C14H27N3O3. The molecule has 6 heteroatoms. The predicted molar refractivity (Wildman–Crippen MR) is 77.0 cm³/mol. The number of ether oxygens (including phenoxy) is 1. The van der Waals surface area contributed by atoms with Crippen molar-refractivity contribution in [3.63, 3.8) is 0 Å². The van der Waals surface area contributed by atoms with Crippen molar-refractivity contribution in [1.82, 2.24) is 10.6 Å². The van der Waals surface area contributed by atoms with Gasteiger partial charge in [0.15, 0.2) is 0 Å². The second-order valence-electron chi connectivity index (χ2n) is 6.36. The number of nitrogens with one attached hydrogen (secondary N) is 2. The predicted octanol–water partition coefficient (Wildman–Crippen LogP) is 0.0204. The maximum absolute atomic E-state index is 12.2. The summed E-state index contributed by atoms with van der Waals surface area (Å²) in [5, 5.41) is 5.66. The molecule has 2 amide bonds. The van der Waals surface area contributed by atoms with Crippen molar-refractivity contribution in [2.75, 3.05) is 32.8 Å². The van der Waals surface area contributed by atoms with Crippen molar-refractivity contribution in [1.29, 1.82) is 0 Å². The van der Waals surface area contributed by atoms with E-state index >= 15 is 0 Å². The van der Waals surface area contributed by atoms with E-state index in [1.807, 2.05) is 20.8 Å². The maximum atomic E-state index is 12.2. The highest BCUT2D eigenvalue weighted by Gasteiger charge is 2.38. The van der Waals surface area contributed by atoms with Gasteiger partial charge in [0, 0.05) is 38.3 Å². The topological polar surface area (TPSA) is 93.5 Å². The van der Waals surface area contributed by atoms with Crippen LogP contribution in [0.15, 0.2) is 0 Å². The fraction of sp³-hybridized carbons (Fsp3) is 0.857. The first-order valence-corrected chi connectivity index (χ1v) is 7.16. The summed E-state index contributed by atoms with van der Waals surface area (Å²) in [5.74, 6) is -0.0559. The van der Waals surface area contributed by atoms with E-state index in [0.717, 1.165) is 0 Å². The molecule has 0 radical (unpaired) electrons. The lowest BCUT2D eigenvalue weighted by Gasteiger charge is -2.34. The molecule has 20 heavy (non-hydrogen) atoms. The highest BCUT2D eigenvalue weighted by atomic mass is 16.5. The summed E-state index contributed by atoms with van der Waals surface area (Å²) in [6, 6.07) is 0. The number of rotatable bonds is 5. The summed E-state index contributed by atoms with van der Waals surface area (Å²) < 4.78 is 5.28. The van der Waals surface area contributed by atoms with Gasteiger partial charge >= 0.3 is 0 Å². The van der Waals surface area contributed by atoms with Gasteiger partial charge in [0.05, 0.1) is 5.41 Å². The van der Waals surface area contributed by atoms with Gasteiger partial charge in [-0.15, -0.1) is 0 Å². The van der Waals surface area contributed by atoms with E-state index in [1.165, 1.54) is 0 Å². The van der Waals surface area contributed by atoms with Gasteiger partial charge in [-0.3, -0.25) is 9.59 Å². The van der Waals surface area contributed by atoms with Crippen LogP contribution in [0, 0.1) is 10.8 Å². The number of carbonyl (C=O) groups is 2. The number of hydrogen-bond donors (Lipinski definition) is 3. The minimum Gasteiger partial charge on any atom is -0.381 e. The average Bonchev–Trinajstić information content (AvgIpc) is 2.42. The number of nitrogens with two attached hydrogens (primary N) is 1. The Balaban J connectivity index is 2.34. The zero-order valence-electron chi connectivity index (χ0n) is 12.8.